The van der Waals surface area contributed by atoms with E-state index in [2.05, 4.69) is 0 Å². The second-order valence-corrected chi connectivity index (χ2v) is 5.39. The zero-order valence-electron chi connectivity index (χ0n) is 12.8. The van der Waals surface area contributed by atoms with Crippen LogP contribution in [-0.2, 0) is 23.8 Å². The number of hydrogen-bond donors (Lipinski definition) is 0. The smallest absolute Gasteiger partial charge is 0.323 e. The minimum absolute atomic E-state index is 0.0324. The molecule has 1 rings (SSSR count). The number of esters is 2. The highest BCUT2D eigenvalue weighted by molar-refractivity contribution is 6.00. The van der Waals surface area contributed by atoms with Crippen molar-refractivity contribution >= 4 is 11.9 Å². The number of methoxy groups -OCH3 is 3. The molecule has 0 bridgehead atoms. The average Bonchev–Trinajstić information content (AvgIpc) is 3.00. The third-order valence-corrected chi connectivity index (χ3v) is 4.32. The molecular formula is C15H26O5. The molecular weight excluding hydrogens is 260 g/mol. The number of carbonyl (C=O) groups is 2. The molecule has 0 atom stereocenters. The average molecular weight is 286 g/mol. The fourth-order valence-corrected chi connectivity index (χ4v) is 3.26. The fraction of sp³-hybridized carbons (Fsp3) is 0.867. The van der Waals surface area contributed by atoms with Crippen LogP contribution in [-0.4, -0.2) is 39.9 Å². The summed E-state index contributed by atoms with van der Waals surface area (Å²) in [5, 5.41) is 0. The van der Waals surface area contributed by atoms with Crippen LogP contribution >= 0.6 is 0 Å². The largest absolute Gasteiger partial charge is 0.468 e. The lowest BCUT2D eigenvalue weighted by atomic mass is 9.70. The van der Waals surface area contributed by atoms with Gasteiger partial charge in [0.05, 0.1) is 14.2 Å². The van der Waals surface area contributed by atoms with Crippen LogP contribution in [0.25, 0.3) is 0 Å². The minimum Gasteiger partial charge on any atom is -0.468 e. The van der Waals surface area contributed by atoms with Crippen LogP contribution in [0.3, 0.4) is 0 Å². The number of hydrogen-bond acceptors (Lipinski definition) is 5. The van der Waals surface area contributed by atoms with Gasteiger partial charge >= 0.3 is 11.9 Å². The Morgan fingerprint density at radius 3 is 2.00 bits per heavy atom. The first-order chi connectivity index (χ1) is 9.63. The summed E-state index contributed by atoms with van der Waals surface area (Å²) in [5.74, 6) is -0.868. The fourth-order valence-electron chi connectivity index (χ4n) is 3.26. The van der Waals surface area contributed by atoms with Gasteiger partial charge in [0.25, 0.3) is 0 Å². The Morgan fingerprint density at radius 2 is 1.55 bits per heavy atom. The number of rotatable bonds is 8. The molecule has 0 aliphatic heterocycles. The van der Waals surface area contributed by atoms with Crippen LogP contribution in [0.2, 0.25) is 0 Å². The summed E-state index contributed by atoms with van der Waals surface area (Å²) < 4.78 is 14.9. The van der Waals surface area contributed by atoms with Gasteiger partial charge in [0.15, 0.2) is 5.41 Å². The van der Waals surface area contributed by atoms with Crippen LogP contribution in [0.1, 0.15) is 44.9 Å². The van der Waals surface area contributed by atoms with E-state index < -0.39 is 17.4 Å². The van der Waals surface area contributed by atoms with E-state index in [0.717, 1.165) is 38.5 Å². The van der Waals surface area contributed by atoms with Gasteiger partial charge in [0.1, 0.15) is 0 Å². The second-order valence-electron chi connectivity index (χ2n) is 5.39. The molecule has 0 aromatic rings. The van der Waals surface area contributed by atoms with Crippen LogP contribution in [0.5, 0.6) is 0 Å². The maximum atomic E-state index is 12.3. The molecule has 20 heavy (non-hydrogen) atoms. The summed E-state index contributed by atoms with van der Waals surface area (Å²) in [4.78, 5) is 24.7. The van der Waals surface area contributed by atoms with Gasteiger partial charge in [0.2, 0.25) is 0 Å². The Labute approximate surface area is 121 Å². The van der Waals surface area contributed by atoms with Crippen LogP contribution in [0.4, 0.5) is 0 Å². The van der Waals surface area contributed by atoms with Crippen molar-refractivity contribution in [3.05, 3.63) is 0 Å². The number of carbonyl (C=O) groups excluding carboxylic acids is 2. The highest BCUT2D eigenvalue weighted by Gasteiger charge is 2.54. The topological polar surface area (TPSA) is 61.8 Å². The van der Waals surface area contributed by atoms with E-state index in [0.29, 0.717) is 13.0 Å². The molecule has 0 spiro atoms. The summed E-state index contributed by atoms with van der Waals surface area (Å²) in [6.45, 7) is 0.628. The van der Waals surface area contributed by atoms with Crippen LogP contribution in [0.15, 0.2) is 0 Å². The predicted molar refractivity (Wildman–Crippen MR) is 74.2 cm³/mol. The van der Waals surface area contributed by atoms with Gasteiger partial charge in [-0.15, -0.1) is 0 Å². The lowest BCUT2D eigenvalue weighted by Crippen LogP contribution is -2.46. The highest BCUT2D eigenvalue weighted by atomic mass is 16.5. The molecule has 0 radical (unpaired) electrons. The van der Waals surface area contributed by atoms with Gasteiger partial charge in [-0.1, -0.05) is 12.8 Å². The lowest BCUT2D eigenvalue weighted by Gasteiger charge is -2.33. The maximum absolute atomic E-state index is 12.3. The monoisotopic (exact) mass is 286 g/mol. The summed E-state index contributed by atoms with van der Waals surface area (Å²) in [5.41, 5.74) is -1.13. The van der Waals surface area contributed by atoms with Gasteiger partial charge in [-0.05, 0) is 38.0 Å². The van der Waals surface area contributed by atoms with E-state index in [-0.39, 0.29) is 5.92 Å². The minimum atomic E-state index is -1.13. The molecule has 116 valence electrons. The van der Waals surface area contributed by atoms with Gasteiger partial charge in [-0.25, -0.2) is 0 Å². The SMILES string of the molecule is COCCCCC(C(=O)OC)(C(=O)OC)C1CCCC1. The molecule has 5 nitrogen and oxygen atoms in total. The van der Waals surface area contributed by atoms with E-state index in [1.165, 1.54) is 14.2 Å². The summed E-state index contributed by atoms with van der Waals surface area (Å²) in [7, 11) is 4.32. The van der Waals surface area contributed by atoms with Crippen LogP contribution in [0, 0.1) is 11.3 Å². The van der Waals surface area contributed by atoms with Crippen molar-refractivity contribution < 1.29 is 23.8 Å². The van der Waals surface area contributed by atoms with Gasteiger partial charge in [0, 0.05) is 13.7 Å². The lowest BCUT2D eigenvalue weighted by molar-refractivity contribution is -0.174. The molecule has 1 aliphatic carbocycles. The van der Waals surface area contributed by atoms with E-state index in [4.69, 9.17) is 14.2 Å². The van der Waals surface area contributed by atoms with Crippen molar-refractivity contribution in [1.82, 2.24) is 0 Å². The Bertz CT molecular complexity index is 304. The molecule has 0 saturated heterocycles. The van der Waals surface area contributed by atoms with Gasteiger partial charge in [-0.3, -0.25) is 9.59 Å². The normalized spacial score (nSPS) is 16.1. The zero-order chi connectivity index (χ0) is 15.0. The molecule has 0 unspecified atom stereocenters. The molecule has 1 fully saturated rings. The Morgan fingerprint density at radius 1 is 1.00 bits per heavy atom. The zero-order valence-corrected chi connectivity index (χ0v) is 12.8. The molecule has 0 aromatic heterocycles. The molecule has 0 heterocycles. The number of unbranched alkanes of at least 4 members (excludes halogenated alkanes) is 1. The first-order valence-corrected chi connectivity index (χ1v) is 7.29. The second kappa shape index (κ2) is 8.25. The molecule has 0 N–H and O–H groups in total. The van der Waals surface area contributed by atoms with E-state index in [1.54, 1.807) is 7.11 Å². The third kappa shape index (κ3) is 3.51. The Hall–Kier alpha value is -1.10. The Balaban J connectivity index is 2.92. The van der Waals surface area contributed by atoms with Crippen molar-refractivity contribution in [3.63, 3.8) is 0 Å². The standard InChI is InChI=1S/C15H26O5/c1-18-11-7-6-10-15(13(16)19-2,14(17)20-3)12-8-4-5-9-12/h12H,4-11H2,1-3H3. The quantitative estimate of drug-likeness (QED) is 0.389. The Kier molecular flexibility index (Phi) is 6.99. The van der Waals surface area contributed by atoms with Crippen LogP contribution < -0.4 is 0 Å². The maximum Gasteiger partial charge on any atom is 0.323 e. The van der Waals surface area contributed by atoms with Crippen molar-refractivity contribution in [2.75, 3.05) is 27.9 Å². The molecule has 5 heteroatoms. The number of ether oxygens (including phenoxy) is 3. The van der Waals surface area contributed by atoms with Crippen molar-refractivity contribution in [1.29, 1.82) is 0 Å². The van der Waals surface area contributed by atoms with E-state index in [1.807, 2.05) is 0 Å². The summed E-state index contributed by atoms with van der Waals surface area (Å²) in [6.07, 6.45) is 5.91. The molecule has 1 saturated carbocycles. The van der Waals surface area contributed by atoms with Crippen molar-refractivity contribution in [2.45, 2.75) is 44.9 Å². The molecule has 0 aromatic carbocycles. The van der Waals surface area contributed by atoms with Crippen molar-refractivity contribution in [3.8, 4) is 0 Å². The highest BCUT2D eigenvalue weighted by Crippen LogP contribution is 2.45. The molecule has 0 amide bonds. The first kappa shape index (κ1) is 17.0. The molecule has 1 aliphatic rings. The summed E-state index contributed by atoms with van der Waals surface area (Å²) in [6, 6.07) is 0. The predicted octanol–water partition coefficient (Wildman–Crippen LogP) is 2.33. The van der Waals surface area contributed by atoms with E-state index >= 15 is 0 Å². The van der Waals surface area contributed by atoms with Crippen molar-refractivity contribution in [2.24, 2.45) is 11.3 Å². The van der Waals surface area contributed by atoms with E-state index in [9.17, 15) is 9.59 Å². The summed E-state index contributed by atoms with van der Waals surface area (Å²) >= 11 is 0. The third-order valence-electron chi connectivity index (χ3n) is 4.32. The van der Waals surface area contributed by atoms with Gasteiger partial charge < -0.3 is 14.2 Å². The van der Waals surface area contributed by atoms with Gasteiger partial charge in [-0.2, -0.15) is 0 Å². The first-order valence-electron chi connectivity index (χ1n) is 7.29.